The molecular formula is C19H21N5OS. The number of amides is 1. The van der Waals surface area contributed by atoms with Gasteiger partial charge in [0.25, 0.3) is 5.91 Å². The zero-order valence-electron chi connectivity index (χ0n) is 14.7. The Kier molecular flexibility index (Phi) is 4.79. The number of pyridine rings is 1. The van der Waals surface area contributed by atoms with E-state index in [0.717, 1.165) is 71.1 Å². The molecule has 134 valence electrons. The van der Waals surface area contributed by atoms with Crippen LogP contribution < -0.4 is 5.32 Å². The maximum absolute atomic E-state index is 12.8. The number of nitrogens with zero attached hydrogens (tertiary/aromatic N) is 4. The second-order valence-electron chi connectivity index (χ2n) is 6.46. The van der Waals surface area contributed by atoms with Crippen molar-refractivity contribution in [1.82, 2.24) is 19.9 Å². The molecule has 1 aliphatic rings. The fourth-order valence-corrected chi connectivity index (χ4v) is 4.45. The van der Waals surface area contributed by atoms with Crippen molar-refractivity contribution in [2.45, 2.75) is 26.2 Å². The van der Waals surface area contributed by atoms with E-state index in [1.807, 2.05) is 30.0 Å². The summed E-state index contributed by atoms with van der Waals surface area (Å²) in [5.41, 5.74) is 2.01. The zero-order valence-corrected chi connectivity index (χ0v) is 15.6. The summed E-state index contributed by atoms with van der Waals surface area (Å²) in [5.74, 6) is 0.919. The summed E-state index contributed by atoms with van der Waals surface area (Å²) in [7, 11) is 0. The summed E-state index contributed by atoms with van der Waals surface area (Å²) in [5, 5.41) is 4.35. The Bertz CT molecular complexity index is 918. The van der Waals surface area contributed by atoms with Gasteiger partial charge in [0.15, 0.2) is 0 Å². The first-order valence-corrected chi connectivity index (χ1v) is 9.73. The van der Waals surface area contributed by atoms with Crippen molar-refractivity contribution < 1.29 is 4.79 Å². The molecule has 0 spiro atoms. The summed E-state index contributed by atoms with van der Waals surface area (Å²) in [6, 6.07) is 5.92. The first-order chi connectivity index (χ1) is 12.7. The number of aryl methyl sites for hydroxylation is 1. The number of carbonyl (C=O) groups excluding carboxylic acids is 1. The van der Waals surface area contributed by atoms with Crippen LogP contribution in [0.4, 0.5) is 5.82 Å². The SMILES string of the molecule is Cc1c(C(=O)N2CCCC2)sc2ncnc(NCCc3ccccn3)c12. The van der Waals surface area contributed by atoms with Gasteiger partial charge >= 0.3 is 0 Å². The van der Waals surface area contributed by atoms with Gasteiger partial charge in [-0.3, -0.25) is 9.78 Å². The van der Waals surface area contributed by atoms with E-state index in [0.29, 0.717) is 0 Å². The quantitative estimate of drug-likeness (QED) is 0.749. The van der Waals surface area contributed by atoms with Gasteiger partial charge in [0.1, 0.15) is 17.0 Å². The first-order valence-electron chi connectivity index (χ1n) is 8.91. The van der Waals surface area contributed by atoms with Gasteiger partial charge in [-0.25, -0.2) is 9.97 Å². The van der Waals surface area contributed by atoms with E-state index < -0.39 is 0 Å². The normalized spacial score (nSPS) is 14.1. The zero-order chi connectivity index (χ0) is 17.9. The topological polar surface area (TPSA) is 71.0 Å². The molecule has 26 heavy (non-hydrogen) atoms. The molecule has 1 saturated heterocycles. The fourth-order valence-electron chi connectivity index (χ4n) is 3.33. The Balaban J connectivity index is 1.56. The van der Waals surface area contributed by atoms with Crippen LogP contribution in [0.5, 0.6) is 0 Å². The molecule has 0 radical (unpaired) electrons. The lowest BCUT2D eigenvalue weighted by Crippen LogP contribution is -2.27. The summed E-state index contributed by atoms with van der Waals surface area (Å²) in [6.45, 7) is 4.43. The minimum Gasteiger partial charge on any atom is -0.369 e. The molecule has 4 heterocycles. The summed E-state index contributed by atoms with van der Waals surface area (Å²) in [4.78, 5) is 29.5. The van der Waals surface area contributed by atoms with E-state index >= 15 is 0 Å². The van der Waals surface area contributed by atoms with E-state index in [4.69, 9.17) is 0 Å². The summed E-state index contributed by atoms with van der Waals surface area (Å²) >= 11 is 1.47. The average Bonchev–Trinajstić information content (AvgIpc) is 3.31. The highest BCUT2D eigenvalue weighted by Crippen LogP contribution is 2.34. The highest BCUT2D eigenvalue weighted by molar-refractivity contribution is 7.20. The fraction of sp³-hybridized carbons (Fsp3) is 0.368. The highest BCUT2D eigenvalue weighted by Gasteiger charge is 2.25. The van der Waals surface area contributed by atoms with Crippen LogP contribution in [-0.2, 0) is 6.42 Å². The first kappa shape index (κ1) is 16.9. The van der Waals surface area contributed by atoms with Gasteiger partial charge in [0.2, 0.25) is 0 Å². The van der Waals surface area contributed by atoms with E-state index in [1.165, 1.54) is 11.3 Å². The predicted octanol–water partition coefficient (Wildman–Crippen LogP) is 3.29. The van der Waals surface area contributed by atoms with Crippen molar-refractivity contribution in [2.75, 3.05) is 25.0 Å². The van der Waals surface area contributed by atoms with Crippen LogP contribution in [0.3, 0.4) is 0 Å². The van der Waals surface area contributed by atoms with Crippen LogP contribution in [0.25, 0.3) is 10.2 Å². The number of anilines is 1. The monoisotopic (exact) mass is 367 g/mol. The Morgan fingerprint density at radius 3 is 2.85 bits per heavy atom. The van der Waals surface area contributed by atoms with Gasteiger partial charge in [-0.05, 0) is 37.5 Å². The predicted molar refractivity (Wildman–Crippen MR) is 104 cm³/mol. The number of fused-ring (bicyclic) bond motifs is 1. The molecule has 1 amide bonds. The average molecular weight is 367 g/mol. The molecule has 0 bridgehead atoms. The smallest absolute Gasteiger partial charge is 0.264 e. The third-order valence-corrected chi connectivity index (χ3v) is 5.90. The second kappa shape index (κ2) is 7.37. The molecule has 0 aliphatic carbocycles. The molecule has 1 fully saturated rings. The van der Waals surface area contributed by atoms with Crippen molar-refractivity contribution in [3.63, 3.8) is 0 Å². The number of nitrogens with one attached hydrogen (secondary N) is 1. The minimum atomic E-state index is 0.127. The number of aromatic nitrogens is 3. The van der Waals surface area contributed by atoms with E-state index in [9.17, 15) is 4.79 Å². The molecule has 0 atom stereocenters. The van der Waals surface area contributed by atoms with E-state index in [-0.39, 0.29) is 5.91 Å². The lowest BCUT2D eigenvalue weighted by atomic mass is 10.2. The van der Waals surface area contributed by atoms with Crippen LogP contribution in [0.1, 0.15) is 33.8 Å². The van der Waals surface area contributed by atoms with Gasteiger partial charge in [0, 0.05) is 37.9 Å². The Morgan fingerprint density at radius 2 is 2.08 bits per heavy atom. The van der Waals surface area contributed by atoms with Crippen molar-refractivity contribution in [1.29, 1.82) is 0 Å². The number of likely N-dealkylation sites (tertiary alicyclic amines) is 1. The number of carbonyl (C=O) groups is 1. The van der Waals surface area contributed by atoms with Crippen LogP contribution in [0.15, 0.2) is 30.7 Å². The Hall–Kier alpha value is -2.54. The number of hydrogen-bond donors (Lipinski definition) is 1. The molecular weight excluding hydrogens is 346 g/mol. The van der Waals surface area contributed by atoms with Crippen LogP contribution >= 0.6 is 11.3 Å². The van der Waals surface area contributed by atoms with Gasteiger partial charge in [-0.2, -0.15) is 0 Å². The van der Waals surface area contributed by atoms with Gasteiger partial charge in [-0.1, -0.05) is 6.07 Å². The van der Waals surface area contributed by atoms with Crippen molar-refractivity contribution in [2.24, 2.45) is 0 Å². The van der Waals surface area contributed by atoms with Crippen LogP contribution in [-0.4, -0.2) is 45.4 Å². The van der Waals surface area contributed by atoms with Crippen molar-refractivity contribution in [3.05, 3.63) is 46.9 Å². The Labute approximate surface area is 156 Å². The molecule has 6 nitrogen and oxygen atoms in total. The largest absolute Gasteiger partial charge is 0.369 e. The molecule has 1 aliphatic heterocycles. The Morgan fingerprint density at radius 1 is 1.23 bits per heavy atom. The molecule has 0 unspecified atom stereocenters. The highest BCUT2D eigenvalue weighted by atomic mass is 32.1. The van der Waals surface area contributed by atoms with Crippen LogP contribution in [0, 0.1) is 6.92 Å². The minimum absolute atomic E-state index is 0.127. The number of thiophene rings is 1. The summed E-state index contributed by atoms with van der Waals surface area (Å²) in [6.07, 6.45) is 6.36. The molecule has 3 aromatic rings. The third-order valence-electron chi connectivity index (χ3n) is 4.71. The molecule has 4 rings (SSSR count). The van der Waals surface area contributed by atoms with E-state index in [2.05, 4.69) is 20.3 Å². The van der Waals surface area contributed by atoms with Gasteiger partial charge in [-0.15, -0.1) is 11.3 Å². The molecule has 3 aromatic heterocycles. The second-order valence-corrected chi connectivity index (χ2v) is 7.45. The standard InChI is InChI=1S/C19H21N5OS/c1-13-15-17(21-9-7-14-6-2-3-8-20-14)22-12-23-18(15)26-16(13)19(25)24-10-4-5-11-24/h2-3,6,8,12H,4-5,7,9-11H2,1H3,(H,21,22,23). The van der Waals surface area contributed by atoms with Crippen molar-refractivity contribution in [3.8, 4) is 0 Å². The van der Waals surface area contributed by atoms with Gasteiger partial charge in [0.05, 0.1) is 10.3 Å². The summed E-state index contributed by atoms with van der Waals surface area (Å²) < 4.78 is 0. The maximum Gasteiger partial charge on any atom is 0.264 e. The van der Waals surface area contributed by atoms with Crippen LogP contribution in [0.2, 0.25) is 0 Å². The maximum atomic E-state index is 12.8. The third kappa shape index (κ3) is 3.26. The lowest BCUT2D eigenvalue weighted by Gasteiger charge is -2.14. The molecule has 1 N–H and O–H groups in total. The van der Waals surface area contributed by atoms with Gasteiger partial charge < -0.3 is 10.2 Å². The van der Waals surface area contributed by atoms with Crippen molar-refractivity contribution >= 4 is 33.3 Å². The van der Waals surface area contributed by atoms with E-state index in [1.54, 1.807) is 12.5 Å². The number of hydrogen-bond acceptors (Lipinski definition) is 6. The molecule has 0 saturated carbocycles. The number of rotatable bonds is 5. The molecule has 7 heteroatoms. The molecule has 0 aromatic carbocycles. The lowest BCUT2D eigenvalue weighted by molar-refractivity contribution is 0.0797.